The quantitative estimate of drug-likeness (QED) is 0.358. The summed E-state index contributed by atoms with van der Waals surface area (Å²) >= 11 is 1.22. The van der Waals surface area contributed by atoms with Crippen LogP contribution >= 0.6 is 11.8 Å². The molecule has 0 aliphatic heterocycles. The first kappa shape index (κ1) is 23.2. The normalized spacial score (nSPS) is 10.8. The van der Waals surface area contributed by atoms with Gasteiger partial charge in [0.15, 0.2) is 0 Å². The molecule has 4 aromatic rings. The van der Waals surface area contributed by atoms with Crippen molar-refractivity contribution in [2.45, 2.75) is 24.9 Å². The monoisotopic (exact) mass is 472 g/mol. The van der Waals surface area contributed by atoms with Gasteiger partial charge < -0.3 is 10.6 Å². The number of tetrazole rings is 1. The lowest BCUT2D eigenvalue weighted by molar-refractivity contribution is -0.113. The van der Waals surface area contributed by atoms with Crippen molar-refractivity contribution in [2.75, 3.05) is 16.4 Å². The maximum absolute atomic E-state index is 12.7. The average Bonchev–Trinajstić information content (AvgIpc) is 3.32. The lowest BCUT2D eigenvalue weighted by Crippen LogP contribution is -2.19. The molecule has 172 valence electrons. The van der Waals surface area contributed by atoms with Crippen LogP contribution in [0.1, 0.15) is 35.7 Å². The van der Waals surface area contributed by atoms with E-state index in [9.17, 15) is 9.59 Å². The molecule has 0 unspecified atom stereocenters. The fraction of sp³-hybridized carbons (Fsp3) is 0.160. The number of nitrogens with one attached hydrogen (secondary N) is 2. The maximum Gasteiger partial charge on any atom is 0.257 e. The third kappa shape index (κ3) is 5.68. The zero-order valence-electron chi connectivity index (χ0n) is 18.8. The first-order valence-corrected chi connectivity index (χ1v) is 11.8. The van der Waals surface area contributed by atoms with Gasteiger partial charge in [0.2, 0.25) is 11.1 Å². The number of nitrogens with zero attached hydrogens (tertiary/aromatic N) is 4. The molecule has 0 spiro atoms. The summed E-state index contributed by atoms with van der Waals surface area (Å²) in [6.45, 7) is 4.27. The third-order valence-electron chi connectivity index (χ3n) is 5.06. The first-order chi connectivity index (χ1) is 16.5. The van der Waals surface area contributed by atoms with E-state index in [0.717, 1.165) is 5.69 Å². The Labute approximate surface area is 201 Å². The molecule has 0 bridgehead atoms. The van der Waals surface area contributed by atoms with Crippen molar-refractivity contribution in [3.8, 4) is 5.69 Å². The van der Waals surface area contributed by atoms with Gasteiger partial charge in [0.05, 0.1) is 22.7 Å². The van der Waals surface area contributed by atoms with E-state index in [2.05, 4.69) is 40.0 Å². The number of anilines is 2. The SMILES string of the molecule is CC(C)c1ccc(-n2nnnc2SCC(=O)Nc2ccccc2C(=O)Nc2ccccc2)cc1. The summed E-state index contributed by atoms with van der Waals surface area (Å²) in [4.78, 5) is 25.4. The number of hydrogen-bond acceptors (Lipinski definition) is 6. The summed E-state index contributed by atoms with van der Waals surface area (Å²) < 4.78 is 1.60. The standard InChI is InChI=1S/C25H24N6O2S/c1-17(2)18-12-14-20(15-13-18)31-25(28-29-30-31)34-16-23(32)27-22-11-7-6-10-21(22)24(33)26-19-8-4-3-5-9-19/h3-15,17H,16H2,1-2H3,(H,26,33)(H,27,32). The van der Waals surface area contributed by atoms with Gasteiger partial charge in [-0.05, 0) is 58.3 Å². The number of thioether (sulfide) groups is 1. The van der Waals surface area contributed by atoms with E-state index >= 15 is 0 Å². The van der Waals surface area contributed by atoms with Gasteiger partial charge in [0, 0.05) is 5.69 Å². The Bertz CT molecular complexity index is 1270. The number of carbonyl (C=O) groups excluding carboxylic acids is 2. The molecular formula is C25H24N6O2S. The second-order valence-corrected chi connectivity index (χ2v) is 8.76. The molecule has 3 aromatic carbocycles. The number of amides is 2. The number of benzene rings is 3. The summed E-state index contributed by atoms with van der Waals surface area (Å²) in [5.41, 5.74) is 3.53. The van der Waals surface area contributed by atoms with Gasteiger partial charge in [-0.25, -0.2) is 0 Å². The molecule has 34 heavy (non-hydrogen) atoms. The van der Waals surface area contributed by atoms with Gasteiger partial charge in [0.1, 0.15) is 0 Å². The van der Waals surface area contributed by atoms with Crippen LogP contribution in [0.2, 0.25) is 0 Å². The van der Waals surface area contributed by atoms with Gasteiger partial charge in [0.25, 0.3) is 5.91 Å². The van der Waals surface area contributed by atoms with Crippen LogP contribution in [-0.2, 0) is 4.79 Å². The minimum absolute atomic E-state index is 0.0824. The lowest BCUT2D eigenvalue weighted by atomic mass is 10.0. The van der Waals surface area contributed by atoms with Crippen LogP contribution in [0.5, 0.6) is 0 Å². The molecule has 0 fully saturated rings. The predicted octanol–water partition coefficient (Wildman–Crippen LogP) is 4.77. The van der Waals surface area contributed by atoms with Crippen molar-refractivity contribution in [1.29, 1.82) is 0 Å². The van der Waals surface area contributed by atoms with E-state index in [4.69, 9.17) is 0 Å². The van der Waals surface area contributed by atoms with Gasteiger partial charge in [-0.3, -0.25) is 9.59 Å². The molecule has 0 aliphatic rings. The zero-order valence-corrected chi connectivity index (χ0v) is 19.6. The first-order valence-electron chi connectivity index (χ1n) is 10.8. The summed E-state index contributed by atoms with van der Waals surface area (Å²) in [5, 5.41) is 18.0. The fourth-order valence-corrected chi connectivity index (χ4v) is 3.95. The van der Waals surface area contributed by atoms with E-state index in [1.54, 1.807) is 41.1 Å². The molecule has 0 aliphatic carbocycles. The Balaban J connectivity index is 1.40. The van der Waals surface area contributed by atoms with Crippen LogP contribution < -0.4 is 10.6 Å². The topological polar surface area (TPSA) is 102 Å². The molecule has 9 heteroatoms. The number of hydrogen-bond donors (Lipinski definition) is 2. The van der Waals surface area contributed by atoms with Crippen LogP contribution in [-0.4, -0.2) is 37.8 Å². The second-order valence-electron chi connectivity index (χ2n) is 7.82. The number of rotatable bonds is 8. The summed E-state index contributed by atoms with van der Waals surface area (Å²) in [5.74, 6) is -0.0599. The molecular weight excluding hydrogens is 448 g/mol. The largest absolute Gasteiger partial charge is 0.325 e. The highest BCUT2D eigenvalue weighted by molar-refractivity contribution is 7.99. The third-order valence-corrected chi connectivity index (χ3v) is 5.97. The van der Waals surface area contributed by atoms with Crippen molar-refractivity contribution in [3.05, 3.63) is 90.0 Å². The number of para-hydroxylation sites is 2. The van der Waals surface area contributed by atoms with E-state index in [-0.39, 0.29) is 17.6 Å². The van der Waals surface area contributed by atoms with Crippen LogP contribution in [0.3, 0.4) is 0 Å². The molecule has 4 rings (SSSR count). The van der Waals surface area contributed by atoms with Crippen molar-refractivity contribution >= 4 is 35.0 Å². The smallest absolute Gasteiger partial charge is 0.257 e. The van der Waals surface area contributed by atoms with Crippen molar-refractivity contribution in [3.63, 3.8) is 0 Å². The Kier molecular flexibility index (Phi) is 7.34. The molecule has 8 nitrogen and oxygen atoms in total. The molecule has 2 N–H and O–H groups in total. The van der Waals surface area contributed by atoms with E-state index in [1.165, 1.54) is 17.3 Å². The summed E-state index contributed by atoms with van der Waals surface area (Å²) in [7, 11) is 0. The highest BCUT2D eigenvalue weighted by Gasteiger charge is 2.16. The van der Waals surface area contributed by atoms with E-state index < -0.39 is 0 Å². The van der Waals surface area contributed by atoms with Crippen LogP contribution in [0, 0.1) is 0 Å². The van der Waals surface area contributed by atoms with E-state index in [1.807, 2.05) is 42.5 Å². The average molecular weight is 473 g/mol. The summed E-state index contributed by atoms with van der Waals surface area (Å²) in [6, 6.07) is 24.0. The molecule has 0 radical (unpaired) electrons. The van der Waals surface area contributed by atoms with E-state index in [0.29, 0.717) is 28.0 Å². The highest BCUT2D eigenvalue weighted by Crippen LogP contribution is 2.22. The van der Waals surface area contributed by atoms with Crippen molar-refractivity contribution in [2.24, 2.45) is 0 Å². The van der Waals surface area contributed by atoms with Crippen LogP contribution in [0.4, 0.5) is 11.4 Å². The van der Waals surface area contributed by atoms with Gasteiger partial charge >= 0.3 is 0 Å². The number of aromatic nitrogens is 4. The summed E-state index contributed by atoms with van der Waals surface area (Å²) in [6.07, 6.45) is 0. The Hall–Kier alpha value is -3.98. The minimum Gasteiger partial charge on any atom is -0.325 e. The Morgan fingerprint density at radius 3 is 2.35 bits per heavy atom. The Morgan fingerprint density at radius 1 is 0.912 bits per heavy atom. The molecule has 2 amide bonds. The lowest BCUT2D eigenvalue weighted by Gasteiger charge is -2.11. The minimum atomic E-state index is -0.302. The predicted molar refractivity (Wildman–Crippen MR) is 133 cm³/mol. The van der Waals surface area contributed by atoms with Crippen LogP contribution in [0.25, 0.3) is 5.69 Å². The van der Waals surface area contributed by atoms with Gasteiger partial charge in [-0.2, -0.15) is 4.68 Å². The Morgan fingerprint density at radius 2 is 1.62 bits per heavy atom. The van der Waals surface area contributed by atoms with Gasteiger partial charge in [-0.15, -0.1) is 5.10 Å². The maximum atomic E-state index is 12.7. The van der Waals surface area contributed by atoms with Crippen molar-refractivity contribution in [1.82, 2.24) is 20.2 Å². The highest BCUT2D eigenvalue weighted by atomic mass is 32.2. The number of carbonyl (C=O) groups is 2. The fourth-order valence-electron chi connectivity index (χ4n) is 3.26. The molecule has 1 heterocycles. The van der Waals surface area contributed by atoms with Gasteiger partial charge in [-0.1, -0.05) is 68.1 Å². The molecule has 0 atom stereocenters. The van der Waals surface area contributed by atoms with Crippen LogP contribution in [0.15, 0.2) is 84.0 Å². The molecule has 0 saturated carbocycles. The van der Waals surface area contributed by atoms with Crippen molar-refractivity contribution < 1.29 is 9.59 Å². The molecule has 1 aromatic heterocycles. The molecule has 0 saturated heterocycles. The zero-order chi connectivity index (χ0) is 23.9. The second kappa shape index (κ2) is 10.8.